The van der Waals surface area contributed by atoms with Gasteiger partial charge in [-0.3, -0.25) is 9.59 Å². The third-order valence-corrected chi connectivity index (χ3v) is 6.83. The zero-order valence-corrected chi connectivity index (χ0v) is 19.7. The van der Waals surface area contributed by atoms with Crippen LogP contribution in [0, 0.1) is 19.7 Å². The van der Waals surface area contributed by atoms with E-state index in [0.717, 1.165) is 23.3 Å². The van der Waals surface area contributed by atoms with Crippen LogP contribution in [0.5, 0.6) is 0 Å². The van der Waals surface area contributed by atoms with Crippen LogP contribution in [-0.2, 0) is 26.0 Å². The Labute approximate surface area is 198 Å². The van der Waals surface area contributed by atoms with Gasteiger partial charge in [0.1, 0.15) is 16.8 Å². The fourth-order valence-corrected chi connectivity index (χ4v) is 4.60. The Kier molecular flexibility index (Phi) is 8.14. The lowest BCUT2D eigenvalue weighted by atomic mass is 10.1. The number of rotatable bonds is 9. The highest BCUT2D eigenvalue weighted by atomic mass is 32.2. The van der Waals surface area contributed by atoms with Crippen molar-refractivity contribution in [2.45, 2.75) is 31.2 Å². The zero-order chi connectivity index (χ0) is 24.7. The van der Waals surface area contributed by atoms with E-state index in [1.807, 2.05) is 26.0 Å². The molecule has 2 amide bonds. The number of benzene rings is 3. The van der Waals surface area contributed by atoms with Gasteiger partial charge in [-0.1, -0.05) is 54.6 Å². The molecule has 0 aliphatic heterocycles. The standard InChI is InChI=1S/C25H26FN3O4S/c1-17-9-8-13-21(18(17)2)28-24(30)16-27-25(31)22(15-19-10-4-3-5-11-19)29-34(32,33)23-14-7-6-12-20(23)26/h3-14,22,29H,15-16H2,1-2H3,(H,27,31)(H,28,30). The highest BCUT2D eigenvalue weighted by Crippen LogP contribution is 2.18. The maximum Gasteiger partial charge on any atom is 0.244 e. The maximum atomic E-state index is 14.1. The molecule has 0 heterocycles. The van der Waals surface area contributed by atoms with Crippen LogP contribution in [0.4, 0.5) is 10.1 Å². The fraction of sp³-hybridized carbons (Fsp3) is 0.200. The molecule has 0 radical (unpaired) electrons. The summed E-state index contributed by atoms with van der Waals surface area (Å²) < 4.78 is 42.0. The van der Waals surface area contributed by atoms with E-state index >= 15 is 0 Å². The van der Waals surface area contributed by atoms with Crippen LogP contribution in [0.25, 0.3) is 0 Å². The third kappa shape index (κ3) is 6.49. The Bertz CT molecular complexity index is 1280. The maximum absolute atomic E-state index is 14.1. The van der Waals surface area contributed by atoms with Crippen molar-refractivity contribution in [3.63, 3.8) is 0 Å². The molecule has 1 unspecified atom stereocenters. The monoisotopic (exact) mass is 483 g/mol. The summed E-state index contributed by atoms with van der Waals surface area (Å²) in [7, 11) is -4.34. The van der Waals surface area contributed by atoms with E-state index in [9.17, 15) is 22.4 Å². The van der Waals surface area contributed by atoms with Crippen LogP contribution in [0.2, 0.25) is 0 Å². The highest BCUT2D eigenvalue weighted by Gasteiger charge is 2.28. The quantitative estimate of drug-likeness (QED) is 0.435. The molecule has 1 atom stereocenters. The number of hydrogen-bond acceptors (Lipinski definition) is 4. The first-order chi connectivity index (χ1) is 16.2. The van der Waals surface area contributed by atoms with Crippen molar-refractivity contribution in [2.75, 3.05) is 11.9 Å². The Morgan fingerprint density at radius 3 is 2.29 bits per heavy atom. The van der Waals surface area contributed by atoms with Crippen molar-refractivity contribution < 1.29 is 22.4 Å². The SMILES string of the molecule is Cc1cccc(NC(=O)CNC(=O)C(Cc2ccccc2)NS(=O)(=O)c2ccccc2F)c1C. The minimum Gasteiger partial charge on any atom is -0.346 e. The van der Waals surface area contributed by atoms with E-state index in [4.69, 9.17) is 0 Å². The number of halogens is 1. The Morgan fingerprint density at radius 2 is 1.59 bits per heavy atom. The largest absolute Gasteiger partial charge is 0.346 e. The van der Waals surface area contributed by atoms with Gasteiger partial charge in [0.15, 0.2) is 0 Å². The van der Waals surface area contributed by atoms with E-state index in [-0.39, 0.29) is 13.0 Å². The van der Waals surface area contributed by atoms with Gasteiger partial charge in [-0.25, -0.2) is 12.8 Å². The van der Waals surface area contributed by atoms with Crippen molar-refractivity contribution in [1.29, 1.82) is 0 Å². The molecule has 3 aromatic carbocycles. The lowest BCUT2D eigenvalue weighted by Gasteiger charge is -2.19. The summed E-state index contributed by atoms with van der Waals surface area (Å²) in [6.07, 6.45) is 0.0129. The van der Waals surface area contributed by atoms with Gasteiger partial charge in [-0.05, 0) is 55.2 Å². The molecule has 3 aromatic rings. The molecule has 9 heteroatoms. The molecule has 0 spiro atoms. The highest BCUT2D eigenvalue weighted by molar-refractivity contribution is 7.89. The molecule has 3 N–H and O–H groups in total. The van der Waals surface area contributed by atoms with Crippen molar-refractivity contribution >= 4 is 27.5 Å². The van der Waals surface area contributed by atoms with Gasteiger partial charge >= 0.3 is 0 Å². The average Bonchev–Trinajstić information content (AvgIpc) is 2.81. The first-order valence-electron chi connectivity index (χ1n) is 10.6. The van der Waals surface area contributed by atoms with Crippen LogP contribution >= 0.6 is 0 Å². The summed E-state index contributed by atoms with van der Waals surface area (Å²) in [6, 6.07) is 17.9. The molecule has 0 saturated carbocycles. The molecule has 3 rings (SSSR count). The predicted octanol–water partition coefficient (Wildman–Crippen LogP) is 3.09. The number of anilines is 1. The summed E-state index contributed by atoms with van der Waals surface area (Å²) in [5, 5.41) is 5.21. The molecule has 34 heavy (non-hydrogen) atoms. The van der Waals surface area contributed by atoms with Crippen LogP contribution < -0.4 is 15.4 Å². The molecule has 0 saturated heterocycles. The van der Waals surface area contributed by atoms with Gasteiger partial charge in [0.05, 0.1) is 6.54 Å². The van der Waals surface area contributed by atoms with Gasteiger partial charge in [0, 0.05) is 5.69 Å². The first-order valence-corrected chi connectivity index (χ1v) is 12.1. The van der Waals surface area contributed by atoms with Gasteiger partial charge in [0.2, 0.25) is 21.8 Å². The molecule has 0 aliphatic rings. The summed E-state index contributed by atoms with van der Waals surface area (Å²) in [5.74, 6) is -2.10. The second-order valence-corrected chi connectivity index (χ2v) is 9.49. The van der Waals surface area contributed by atoms with Crippen molar-refractivity contribution in [1.82, 2.24) is 10.0 Å². The van der Waals surface area contributed by atoms with E-state index in [1.165, 1.54) is 12.1 Å². The van der Waals surface area contributed by atoms with Crippen molar-refractivity contribution in [3.8, 4) is 0 Å². The number of carbonyl (C=O) groups excluding carboxylic acids is 2. The summed E-state index contributed by atoms with van der Waals surface area (Å²) in [6.45, 7) is 3.43. The summed E-state index contributed by atoms with van der Waals surface area (Å²) in [4.78, 5) is 24.7. The van der Waals surface area contributed by atoms with Crippen LogP contribution in [0.1, 0.15) is 16.7 Å². The Hall–Kier alpha value is -3.56. The van der Waals surface area contributed by atoms with Gasteiger partial charge in [0.25, 0.3) is 0 Å². The summed E-state index contributed by atoms with van der Waals surface area (Å²) >= 11 is 0. The Balaban J connectivity index is 1.73. The number of carbonyl (C=O) groups is 2. The third-order valence-electron chi connectivity index (χ3n) is 5.32. The number of amides is 2. The molecule has 7 nitrogen and oxygen atoms in total. The number of hydrogen-bond donors (Lipinski definition) is 3. The normalized spacial score (nSPS) is 12.1. The smallest absolute Gasteiger partial charge is 0.244 e. The lowest BCUT2D eigenvalue weighted by Crippen LogP contribution is -2.49. The first kappa shape index (κ1) is 25.1. The van der Waals surface area contributed by atoms with Crippen LogP contribution in [-0.4, -0.2) is 32.8 Å². The number of sulfonamides is 1. The molecule has 0 aliphatic carbocycles. The van der Waals surface area contributed by atoms with Crippen molar-refractivity contribution in [2.24, 2.45) is 0 Å². The van der Waals surface area contributed by atoms with E-state index < -0.39 is 38.6 Å². The topological polar surface area (TPSA) is 104 Å². The number of aryl methyl sites for hydroxylation is 1. The molecule has 0 bridgehead atoms. The minimum absolute atomic E-state index is 0.0129. The average molecular weight is 484 g/mol. The van der Waals surface area contributed by atoms with E-state index in [0.29, 0.717) is 11.3 Å². The van der Waals surface area contributed by atoms with Crippen molar-refractivity contribution in [3.05, 3.63) is 95.3 Å². The van der Waals surface area contributed by atoms with E-state index in [2.05, 4.69) is 15.4 Å². The molecule has 178 valence electrons. The van der Waals surface area contributed by atoms with Crippen LogP contribution in [0.15, 0.2) is 77.7 Å². The second-order valence-electron chi connectivity index (χ2n) is 7.81. The molecule has 0 fully saturated rings. The van der Waals surface area contributed by atoms with E-state index in [1.54, 1.807) is 36.4 Å². The summed E-state index contributed by atoms with van der Waals surface area (Å²) in [5.41, 5.74) is 3.23. The molecular weight excluding hydrogens is 457 g/mol. The predicted molar refractivity (Wildman–Crippen MR) is 128 cm³/mol. The van der Waals surface area contributed by atoms with Gasteiger partial charge < -0.3 is 10.6 Å². The zero-order valence-electron chi connectivity index (χ0n) is 18.8. The minimum atomic E-state index is -4.34. The number of nitrogens with one attached hydrogen (secondary N) is 3. The second kappa shape index (κ2) is 11.0. The van der Waals surface area contributed by atoms with Gasteiger partial charge in [-0.15, -0.1) is 0 Å². The molecular formula is C25H26FN3O4S. The fourth-order valence-electron chi connectivity index (χ4n) is 3.32. The Morgan fingerprint density at radius 1 is 0.912 bits per heavy atom. The van der Waals surface area contributed by atoms with Crippen LogP contribution in [0.3, 0.4) is 0 Å². The molecule has 0 aromatic heterocycles. The van der Waals surface area contributed by atoms with Gasteiger partial charge in [-0.2, -0.15) is 4.72 Å². The lowest BCUT2D eigenvalue weighted by molar-refractivity contribution is -0.125.